The monoisotopic (exact) mass is 394 g/mol. The number of carbonyl (C=O) groups is 2. The molecule has 0 aliphatic carbocycles. The van der Waals surface area contributed by atoms with Crippen LogP contribution in [0.25, 0.3) is 6.08 Å². The van der Waals surface area contributed by atoms with Crippen LogP contribution in [-0.2, 0) is 10.3 Å². The number of para-hydroxylation sites is 1. The molecule has 1 aliphatic rings. The molecule has 148 valence electrons. The number of carbonyl (C=O) groups excluding carboxylic acids is 2. The van der Waals surface area contributed by atoms with Crippen molar-refractivity contribution >= 4 is 29.9 Å². The highest BCUT2D eigenvalue weighted by molar-refractivity contribution is 6.07. The fraction of sp³-hybridized carbons (Fsp3) is 0.150. The van der Waals surface area contributed by atoms with Gasteiger partial charge in [0.25, 0.3) is 11.6 Å². The Balaban J connectivity index is 1.77. The zero-order valence-corrected chi connectivity index (χ0v) is 15.7. The summed E-state index contributed by atoms with van der Waals surface area (Å²) in [6, 6.07) is 12.3. The van der Waals surface area contributed by atoms with Crippen LogP contribution in [0.2, 0.25) is 0 Å². The molecule has 9 nitrogen and oxygen atoms in total. The molecule has 1 atom stereocenters. The van der Waals surface area contributed by atoms with Gasteiger partial charge in [-0.2, -0.15) is 5.10 Å². The number of nitro benzene ring substituents is 1. The third-order valence-corrected chi connectivity index (χ3v) is 4.51. The Kier molecular flexibility index (Phi) is 5.40. The topological polar surface area (TPSA) is 114 Å². The summed E-state index contributed by atoms with van der Waals surface area (Å²) in [7, 11) is 1.53. The molecule has 2 aromatic rings. The Bertz CT molecular complexity index is 1020. The number of nitrogens with one attached hydrogen (secondary N) is 1. The van der Waals surface area contributed by atoms with Gasteiger partial charge in [-0.3, -0.25) is 14.9 Å². The first-order valence-electron chi connectivity index (χ1n) is 8.62. The van der Waals surface area contributed by atoms with Crippen molar-refractivity contribution in [3.63, 3.8) is 0 Å². The number of hydrogen-bond acceptors (Lipinski definition) is 6. The quantitative estimate of drug-likeness (QED) is 0.350. The molecule has 3 amide bonds. The number of ether oxygens (including phenoxy) is 1. The Morgan fingerprint density at radius 3 is 2.52 bits per heavy atom. The highest BCUT2D eigenvalue weighted by Gasteiger charge is 2.49. The van der Waals surface area contributed by atoms with E-state index in [-0.39, 0.29) is 5.69 Å². The minimum absolute atomic E-state index is 0.0563. The first-order chi connectivity index (χ1) is 13.9. The average Bonchev–Trinajstić information content (AvgIpc) is 2.95. The number of allylic oxidation sites excluding steroid dienone is 1. The van der Waals surface area contributed by atoms with E-state index in [9.17, 15) is 19.7 Å². The van der Waals surface area contributed by atoms with Crippen LogP contribution in [0.4, 0.5) is 10.5 Å². The fourth-order valence-corrected chi connectivity index (χ4v) is 2.90. The summed E-state index contributed by atoms with van der Waals surface area (Å²) < 4.78 is 5.10. The van der Waals surface area contributed by atoms with Crippen LogP contribution in [0.5, 0.6) is 5.75 Å². The molecule has 0 radical (unpaired) electrons. The molecule has 29 heavy (non-hydrogen) atoms. The smallest absolute Gasteiger partial charge is 0.346 e. The molecule has 3 rings (SSSR count). The molecule has 0 saturated carbocycles. The summed E-state index contributed by atoms with van der Waals surface area (Å²) in [5.41, 5.74) is -0.351. The molecule has 0 spiro atoms. The van der Waals surface area contributed by atoms with E-state index in [0.29, 0.717) is 16.9 Å². The van der Waals surface area contributed by atoms with Crippen LogP contribution < -0.4 is 10.1 Å². The number of rotatable bonds is 6. The van der Waals surface area contributed by atoms with Gasteiger partial charge in [-0.15, -0.1) is 5.01 Å². The number of hydrazone groups is 1. The van der Waals surface area contributed by atoms with E-state index >= 15 is 0 Å². The first-order valence-corrected chi connectivity index (χ1v) is 8.62. The highest BCUT2D eigenvalue weighted by atomic mass is 16.6. The summed E-state index contributed by atoms with van der Waals surface area (Å²) in [4.78, 5) is 35.6. The first kappa shape index (κ1) is 19.7. The average molecular weight is 394 g/mol. The Hall–Kier alpha value is -4.01. The van der Waals surface area contributed by atoms with Crippen molar-refractivity contribution < 1.29 is 19.2 Å². The molecular formula is C20H18N4O5. The van der Waals surface area contributed by atoms with Crippen LogP contribution in [0.1, 0.15) is 18.1 Å². The van der Waals surface area contributed by atoms with Gasteiger partial charge in [0.2, 0.25) is 0 Å². The van der Waals surface area contributed by atoms with Gasteiger partial charge >= 0.3 is 6.03 Å². The Morgan fingerprint density at radius 2 is 1.86 bits per heavy atom. The van der Waals surface area contributed by atoms with Crippen molar-refractivity contribution in [1.29, 1.82) is 0 Å². The second kappa shape index (κ2) is 7.93. The molecule has 0 unspecified atom stereocenters. The molecule has 1 N–H and O–H groups in total. The number of urea groups is 1. The second-order valence-electron chi connectivity index (χ2n) is 6.34. The van der Waals surface area contributed by atoms with Crippen molar-refractivity contribution in [3.05, 3.63) is 75.8 Å². The zero-order chi connectivity index (χ0) is 21.0. The Labute approximate surface area is 166 Å². The van der Waals surface area contributed by atoms with E-state index in [2.05, 4.69) is 10.4 Å². The van der Waals surface area contributed by atoms with Crippen LogP contribution in [-0.4, -0.2) is 35.2 Å². The van der Waals surface area contributed by atoms with Crippen molar-refractivity contribution in [1.82, 2.24) is 10.3 Å². The van der Waals surface area contributed by atoms with Crippen LogP contribution >= 0.6 is 0 Å². The molecule has 1 heterocycles. The van der Waals surface area contributed by atoms with Gasteiger partial charge in [0.15, 0.2) is 0 Å². The summed E-state index contributed by atoms with van der Waals surface area (Å²) >= 11 is 0. The lowest BCUT2D eigenvalue weighted by Gasteiger charge is -2.21. The van der Waals surface area contributed by atoms with E-state index in [1.807, 2.05) is 0 Å². The number of imide groups is 1. The van der Waals surface area contributed by atoms with E-state index < -0.39 is 22.4 Å². The number of amides is 3. The lowest BCUT2D eigenvalue weighted by molar-refractivity contribution is -0.385. The van der Waals surface area contributed by atoms with Crippen LogP contribution in [0.15, 0.2) is 59.7 Å². The SMILES string of the molecule is COc1ccc([C@@]2(C)NC(=O)N(/N=C\C=C\c3ccccc3[N+](=O)[O-])C2=O)cc1. The van der Waals surface area contributed by atoms with Gasteiger partial charge in [0.05, 0.1) is 17.6 Å². The predicted molar refractivity (Wildman–Crippen MR) is 106 cm³/mol. The molecule has 0 aromatic heterocycles. The van der Waals surface area contributed by atoms with E-state index in [4.69, 9.17) is 4.74 Å². The Morgan fingerprint density at radius 1 is 1.17 bits per heavy atom. The van der Waals surface area contributed by atoms with Gasteiger partial charge in [-0.25, -0.2) is 4.79 Å². The summed E-state index contributed by atoms with van der Waals surface area (Å²) in [5.74, 6) is 0.0900. The van der Waals surface area contributed by atoms with Crippen molar-refractivity contribution in [2.24, 2.45) is 5.10 Å². The summed E-state index contributed by atoms with van der Waals surface area (Å²) in [5, 5.41) is 18.3. The van der Waals surface area contributed by atoms with Crippen molar-refractivity contribution in [2.75, 3.05) is 7.11 Å². The molecule has 1 saturated heterocycles. The number of hydrogen-bond donors (Lipinski definition) is 1. The molecule has 1 aliphatic heterocycles. The normalized spacial score (nSPS) is 19.2. The molecular weight excluding hydrogens is 376 g/mol. The number of nitro groups is 1. The van der Waals surface area contributed by atoms with E-state index in [1.165, 1.54) is 31.5 Å². The van der Waals surface area contributed by atoms with Crippen molar-refractivity contribution in [3.8, 4) is 5.75 Å². The lowest BCUT2D eigenvalue weighted by Crippen LogP contribution is -2.40. The van der Waals surface area contributed by atoms with Gasteiger partial charge in [0, 0.05) is 12.3 Å². The summed E-state index contributed by atoms with van der Waals surface area (Å²) in [6.45, 7) is 1.59. The zero-order valence-electron chi connectivity index (χ0n) is 15.7. The lowest BCUT2D eigenvalue weighted by atomic mass is 9.92. The van der Waals surface area contributed by atoms with Crippen molar-refractivity contribution in [2.45, 2.75) is 12.5 Å². The maximum absolute atomic E-state index is 12.8. The molecule has 1 fully saturated rings. The second-order valence-corrected chi connectivity index (χ2v) is 6.34. The van der Waals surface area contributed by atoms with Gasteiger partial charge in [-0.1, -0.05) is 24.3 Å². The third kappa shape index (κ3) is 3.84. The van der Waals surface area contributed by atoms with E-state index in [0.717, 1.165) is 5.01 Å². The molecule has 0 bridgehead atoms. The van der Waals surface area contributed by atoms with Gasteiger partial charge in [-0.05, 0) is 42.8 Å². The third-order valence-electron chi connectivity index (χ3n) is 4.51. The molecule has 9 heteroatoms. The van der Waals surface area contributed by atoms with Crippen LogP contribution in [0, 0.1) is 10.1 Å². The number of benzene rings is 2. The number of methoxy groups -OCH3 is 1. The minimum atomic E-state index is -1.26. The van der Waals surface area contributed by atoms with Gasteiger partial charge in [0.1, 0.15) is 11.3 Å². The summed E-state index contributed by atoms with van der Waals surface area (Å²) in [6.07, 6.45) is 4.13. The fourth-order valence-electron chi connectivity index (χ4n) is 2.90. The van der Waals surface area contributed by atoms with E-state index in [1.54, 1.807) is 49.4 Å². The standard InChI is InChI=1S/C20H18N4O5/c1-20(15-9-11-16(29-2)12-10-15)18(25)23(19(26)22-20)21-13-5-7-14-6-3-4-8-17(14)24(27)28/h3-13H,1-2H3,(H,22,26)/b7-5+,21-13-/t20-/m1/s1. The highest BCUT2D eigenvalue weighted by Crippen LogP contribution is 2.30. The number of nitrogens with zero attached hydrogens (tertiary/aromatic N) is 3. The largest absolute Gasteiger partial charge is 0.497 e. The van der Waals surface area contributed by atoms with Crippen LogP contribution in [0.3, 0.4) is 0 Å². The molecule has 2 aromatic carbocycles. The maximum atomic E-state index is 12.8. The maximum Gasteiger partial charge on any atom is 0.346 e. The van der Waals surface area contributed by atoms with Gasteiger partial charge < -0.3 is 10.1 Å². The minimum Gasteiger partial charge on any atom is -0.497 e. The predicted octanol–water partition coefficient (Wildman–Crippen LogP) is 3.07.